The lowest BCUT2D eigenvalue weighted by Crippen LogP contribution is -2.46. The number of allylic oxidation sites excluding steroid dienone is 2. The molecule has 0 aromatic carbocycles. The van der Waals surface area contributed by atoms with E-state index in [4.69, 9.17) is 4.74 Å². The summed E-state index contributed by atoms with van der Waals surface area (Å²) in [6, 6.07) is -0.697. The third-order valence-corrected chi connectivity index (χ3v) is 11.8. The molecule has 338 valence electrons. The molecule has 6 nitrogen and oxygen atoms in total. The van der Waals surface area contributed by atoms with E-state index in [1.807, 2.05) is 0 Å². The van der Waals surface area contributed by atoms with E-state index in [1.165, 1.54) is 173 Å². The Bertz CT molecular complexity index is 863. The van der Waals surface area contributed by atoms with Crippen LogP contribution in [-0.4, -0.2) is 46.9 Å². The number of rotatable bonds is 46. The van der Waals surface area contributed by atoms with Crippen LogP contribution >= 0.6 is 0 Å². The highest BCUT2D eigenvalue weighted by Gasteiger charge is 2.24. The minimum atomic E-state index is -0.783. The van der Waals surface area contributed by atoms with Crippen molar-refractivity contribution in [2.75, 3.05) is 6.61 Å². The number of aliphatic hydroxyl groups is 2. The number of amides is 1. The summed E-state index contributed by atoms with van der Waals surface area (Å²) in [6.07, 6.45) is 49.8. The Morgan fingerprint density at radius 3 is 1.26 bits per heavy atom. The Morgan fingerprint density at radius 2 is 0.842 bits per heavy atom. The number of hydrogen-bond acceptors (Lipinski definition) is 5. The van der Waals surface area contributed by atoms with Crippen LogP contribution in [0.1, 0.15) is 278 Å². The number of esters is 1. The molecule has 6 heteroatoms. The Balaban J connectivity index is 4.50. The summed E-state index contributed by atoms with van der Waals surface area (Å²) in [5, 5.41) is 23.8. The molecule has 0 bridgehead atoms. The van der Waals surface area contributed by atoms with Gasteiger partial charge in [-0.3, -0.25) is 9.59 Å². The van der Waals surface area contributed by atoms with E-state index in [-0.39, 0.29) is 24.9 Å². The van der Waals surface area contributed by atoms with Crippen LogP contribution in [0.25, 0.3) is 0 Å². The molecule has 0 fully saturated rings. The predicted molar refractivity (Wildman–Crippen MR) is 246 cm³/mol. The molecule has 0 aliphatic rings. The van der Waals surface area contributed by atoms with Gasteiger partial charge in [-0.15, -0.1) is 0 Å². The van der Waals surface area contributed by atoms with Gasteiger partial charge in [-0.25, -0.2) is 0 Å². The fourth-order valence-corrected chi connectivity index (χ4v) is 7.96. The summed E-state index contributed by atoms with van der Waals surface area (Å²) < 4.78 is 5.91. The van der Waals surface area contributed by atoms with E-state index < -0.39 is 18.2 Å². The molecule has 0 aliphatic heterocycles. The minimum absolute atomic E-state index is 0.0784. The molecule has 0 saturated heterocycles. The fourth-order valence-electron chi connectivity index (χ4n) is 7.96. The summed E-state index contributed by atoms with van der Waals surface area (Å²) in [4.78, 5) is 26.0. The van der Waals surface area contributed by atoms with Crippen LogP contribution in [0.5, 0.6) is 0 Å². The number of hydrogen-bond donors (Lipinski definition) is 3. The topological polar surface area (TPSA) is 95.9 Å². The molecular weight excluding hydrogens is 707 g/mol. The monoisotopic (exact) mass is 806 g/mol. The smallest absolute Gasteiger partial charge is 0.306 e. The minimum Gasteiger partial charge on any atom is -0.462 e. The third-order valence-electron chi connectivity index (χ3n) is 11.8. The predicted octanol–water partition coefficient (Wildman–Crippen LogP) is 15.0. The normalized spacial score (nSPS) is 13.3. The average Bonchev–Trinajstić information content (AvgIpc) is 3.20. The Labute approximate surface area is 355 Å². The largest absolute Gasteiger partial charge is 0.462 e. The lowest BCUT2D eigenvalue weighted by atomic mass is 10.0. The Morgan fingerprint density at radius 1 is 0.491 bits per heavy atom. The number of carbonyl (C=O) groups is 2. The summed E-state index contributed by atoms with van der Waals surface area (Å²) in [5.74, 6) is -0.469. The van der Waals surface area contributed by atoms with Crippen molar-refractivity contribution < 1.29 is 24.5 Å². The van der Waals surface area contributed by atoms with Crippen LogP contribution in [0, 0.1) is 0 Å². The van der Waals surface area contributed by atoms with Gasteiger partial charge in [-0.2, -0.15) is 0 Å². The maximum absolute atomic E-state index is 13.2. The molecule has 3 unspecified atom stereocenters. The molecule has 0 aromatic rings. The first kappa shape index (κ1) is 55.6. The highest BCUT2D eigenvalue weighted by molar-refractivity contribution is 5.77. The second kappa shape index (κ2) is 45.7. The van der Waals surface area contributed by atoms with Gasteiger partial charge in [0.15, 0.2) is 0 Å². The fraction of sp³-hybridized carbons (Fsp3) is 0.922. The lowest BCUT2D eigenvalue weighted by molar-refractivity contribution is -0.151. The van der Waals surface area contributed by atoms with Gasteiger partial charge in [0.05, 0.1) is 25.2 Å². The molecule has 0 saturated carbocycles. The summed E-state index contributed by atoms with van der Waals surface area (Å²) in [7, 11) is 0. The van der Waals surface area contributed by atoms with E-state index in [9.17, 15) is 19.8 Å². The van der Waals surface area contributed by atoms with Crippen LogP contribution in [0.2, 0.25) is 0 Å². The molecule has 0 radical (unpaired) electrons. The van der Waals surface area contributed by atoms with Gasteiger partial charge in [-0.05, 0) is 51.4 Å². The zero-order chi connectivity index (χ0) is 41.7. The Hall–Kier alpha value is -1.40. The van der Waals surface area contributed by atoms with Crippen LogP contribution in [-0.2, 0) is 14.3 Å². The van der Waals surface area contributed by atoms with Gasteiger partial charge >= 0.3 is 5.97 Å². The van der Waals surface area contributed by atoms with Crippen molar-refractivity contribution in [3.63, 3.8) is 0 Å². The number of unbranched alkanes of at least 4 members (excludes halogenated alkanes) is 32. The molecule has 0 aliphatic carbocycles. The van der Waals surface area contributed by atoms with Crippen molar-refractivity contribution in [2.45, 2.75) is 296 Å². The molecule has 0 spiro atoms. The zero-order valence-corrected chi connectivity index (χ0v) is 38.5. The zero-order valence-electron chi connectivity index (χ0n) is 38.5. The number of nitrogens with one attached hydrogen (secondary N) is 1. The molecule has 3 N–H and O–H groups in total. The maximum Gasteiger partial charge on any atom is 0.306 e. The highest BCUT2D eigenvalue weighted by atomic mass is 16.5. The van der Waals surface area contributed by atoms with Gasteiger partial charge in [-0.1, -0.05) is 226 Å². The highest BCUT2D eigenvalue weighted by Crippen LogP contribution is 2.18. The standard InChI is InChI=1S/C51H99NO5/c1-4-7-10-13-16-19-22-24-25-27-29-31-34-37-40-43-49(54)48(46-53)52-50(55)45-47(42-39-36-33-30-28-26-23-20-17-14-11-8-5-2)57-51(56)44-41-38-35-32-21-18-15-12-9-6-3/h20,23,47-49,53-54H,4-19,21-22,24-46H2,1-3H3,(H,52,55)/b23-20-. The van der Waals surface area contributed by atoms with Crippen LogP contribution in [0.15, 0.2) is 12.2 Å². The van der Waals surface area contributed by atoms with Gasteiger partial charge in [0.2, 0.25) is 5.91 Å². The SMILES string of the molecule is CCCCCC/C=C\CCCCCCCC(CC(=O)NC(CO)C(O)CCCCCCCCCCCCCCCCC)OC(=O)CCCCCCCCCCCC. The first-order chi connectivity index (χ1) is 28.0. The van der Waals surface area contributed by atoms with E-state index >= 15 is 0 Å². The number of carbonyl (C=O) groups excluding carboxylic acids is 2. The van der Waals surface area contributed by atoms with Crippen LogP contribution < -0.4 is 5.32 Å². The first-order valence-electron chi connectivity index (χ1n) is 25.4. The van der Waals surface area contributed by atoms with Crippen molar-refractivity contribution in [2.24, 2.45) is 0 Å². The van der Waals surface area contributed by atoms with E-state index in [2.05, 4.69) is 38.2 Å². The quantitative estimate of drug-likeness (QED) is 0.0323. The molecule has 0 heterocycles. The van der Waals surface area contributed by atoms with Crippen molar-refractivity contribution in [3.8, 4) is 0 Å². The van der Waals surface area contributed by atoms with Crippen molar-refractivity contribution >= 4 is 11.9 Å². The van der Waals surface area contributed by atoms with Crippen molar-refractivity contribution in [3.05, 3.63) is 12.2 Å². The van der Waals surface area contributed by atoms with Crippen LogP contribution in [0.3, 0.4) is 0 Å². The lowest BCUT2D eigenvalue weighted by Gasteiger charge is -2.24. The van der Waals surface area contributed by atoms with Gasteiger partial charge in [0.25, 0.3) is 0 Å². The van der Waals surface area contributed by atoms with Crippen molar-refractivity contribution in [1.29, 1.82) is 0 Å². The molecule has 57 heavy (non-hydrogen) atoms. The molecule has 3 atom stereocenters. The second-order valence-electron chi connectivity index (χ2n) is 17.6. The second-order valence-corrected chi connectivity index (χ2v) is 17.6. The van der Waals surface area contributed by atoms with Crippen molar-refractivity contribution in [1.82, 2.24) is 5.32 Å². The average molecular weight is 806 g/mol. The first-order valence-corrected chi connectivity index (χ1v) is 25.4. The molecule has 0 rings (SSSR count). The summed E-state index contributed by atoms with van der Waals surface area (Å²) in [5.41, 5.74) is 0. The third kappa shape index (κ3) is 41.1. The molecule has 0 aromatic heterocycles. The maximum atomic E-state index is 13.2. The van der Waals surface area contributed by atoms with E-state index in [1.54, 1.807) is 0 Å². The summed E-state index contributed by atoms with van der Waals surface area (Å²) in [6.45, 7) is 6.47. The Kier molecular flexibility index (Phi) is 44.6. The van der Waals surface area contributed by atoms with E-state index in [0.29, 0.717) is 19.3 Å². The number of ether oxygens (including phenoxy) is 1. The summed E-state index contributed by atoms with van der Waals surface area (Å²) >= 11 is 0. The van der Waals surface area contributed by atoms with Gasteiger partial charge in [0, 0.05) is 6.42 Å². The number of aliphatic hydroxyl groups excluding tert-OH is 2. The molecular formula is C51H99NO5. The van der Waals surface area contributed by atoms with E-state index in [0.717, 1.165) is 57.8 Å². The van der Waals surface area contributed by atoms with Gasteiger partial charge < -0.3 is 20.3 Å². The van der Waals surface area contributed by atoms with Gasteiger partial charge in [0.1, 0.15) is 6.10 Å². The van der Waals surface area contributed by atoms with Crippen LogP contribution in [0.4, 0.5) is 0 Å². The molecule has 1 amide bonds.